The van der Waals surface area contributed by atoms with Gasteiger partial charge in [-0.05, 0) is 30.5 Å². The number of likely N-dealkylation sites (N-methyl/N-ethyl adjacent to an activating group) is 1. The average Bonchev–Trinajstić information content (AvgIpc) is 3.31. The zero-order chi connectivity index (χ0) is 14.8. The highest BCUT2D eigenvalue weighted by Gasteiger charge is 2.32. The fourth-order valence-electron chi connectivity index (χ4n) is 2.93. The molecule has 1 aliphatic heterocycles. The van der Waals surface area contributed by atoms with E-state index in [2.05, 4.69) is 10.2 Å². The van der Waals surface area contributed by atoms with Gasteiger partial charge in [-0.1, -0.05) is 12.1 Å². The molecule has 2 aliphatic rings. The number of carbonyl (C=O) groups excluding carboxylic acids is 1. The third-order valence-corrected chi connectivity index (χ3v) is 4.41. The van der Waals surface area contributed by atoms with Crippen LogP contribution in [0, 0.1) is 5.82 Å². The van der Waals surface area contributed by atoms with Crippen LogP contribution in [0.1, 0.15) is 24.4 Å². The van der Waals surface area contributed by atoms with Gasteiger partial charge in [0.25, 0.3) is 0 Å². The van der Waals surface area contributed by atoms with Crippen molar-refractivity contribution in [3.63, 3.8) is 0 Å². The molecule has 21 heavy (non-hydrogen) atoms. The molecule has 114 valence electrons. The molecular formula is C16H22FN3O. The smallest absolute Gasteiger partial charge is 0.236 e. The van der Waals surface area contributed by atoms with E-state index in [1.165, 1.54) is 6.07 Å². The zero-order valence-electron chi connectivity index (χ0n) is 12.4. The standard InChI is InChI=1S/C16H22FN3O/c1-19(14-5-6-14)16(21)11-20-8-7-18-10-15(20)12-3-2-4-13(17)9-12/h2-4,9,14-15,18H,5-8,10-11H2,1H3. The minimum absolute atomic E-state index is 0.0611. The SMILES string of the molecule is CN(C(=O)CN1CCNCC1c1cccc(F)c1)C1CC1. The Morgan fingerprint density at radius 1 is 1.48 bits per heavy atom. The summed E-state index contributed by atoms with van der Waals surface area (Å²) < 4.78 is 13.4. The molecule has 3 rings (SSSR count). The van der Waals surface area contributed by atoms with Gasteiger partial charge in [-0.15, -0.1) is 0 Å². The third-order valence-electron chi connectivity index (χ3n) is 4.41. The van der Waals surface area contributed by atoms with Crippen molar-refractivity contribution >= 4 is 5.91 Å². The summed E-state index contributed by atoms with van der Waals surface area (Å²) in [6.07, 6.45) is 2.24. The maximum absolute atomic E-state index is 13.4. The van der Waals surface area contributed by atoms with E-state index < -0.39 is 0 Å². The molecule has 1 N–H and O–H groups in total. The number of carbonyl (C=O) groups is 1. The second-order valence-corrected chi connectivity index (χ2v) is 5.98. The highest BCUT2D eigenvalue weighted by Crippen LogP contribution is 2.27. The number of hydrogen-bond donors (Lipinski definition) is 1. The van der Waals surface area contributed by atoms with Crippen LogP contribution in [0.15, 0.2) is 24.3 Å². The minimum atomic E-state index is -0.223. The second kappa shape index (κ2) is 6.12. The Morgan fingerprint density at radius 3 is 3.00 bits per heavy atom. The lowest BCUT2D eigenvalue weighted by Crippen LogP contribution is -2.50. The summed E-state index contributed by atoms with van der Waals surface area (Å²) in [6, 6.07) is 7.19. The van der Waals surface area contributed by atoms with E-state index in [1.807, 2.05) is 18.0 Å². The Balaban J connectivity index is 1.70. The molecule has 2 fully saturated rings. The molecule has 0 spiro atoms. The van der Waals surface area contributed by atoms with Crippen molar-refractivity contribution in [2.24, 2.45) is 0 Å². The molecule has 1 amide bonds. The van der Waals surface area contributed by atoms with Crippen molar-refractivity contribution in [3.8, 4) is 0 Å². The van der Waals surface area contributed by atoms with Crippen LogP contribution in [0.5, 0.6) is 0 Å². The lowest BCUT2D eigenvalue weighted by atomic mass is 10.0. The van der Waals surface area contributed by atoms with Crippen LogP contribution in [0.3, 0.4) is 0 Å². The van der Waals surface area contributed by atoms with E-state index in [0.29, 0.717) is 12.6 Å². The predicted molar refractivity (Wildman–Crippen MR) is 79.4 cm³/mol. The Labute approximate surface area is 124 Å². The topological polar surface area (TPSA) is 35.6 Å². The molecule has 4 nitrogen and oxygen atoms in total. The largest absolute Gasteiger partial charge is 0.342 e. The van der Waals surface area contributed by atoms with Crippen LogP contribution in [0.4, 0.5) is 4.39 Å². The monoisotopic (exact) mass is 291 g/mol. The molecule has 1 heterocycles. The van der Waals surface area contributed by atoms with E-state index in [-0.39, 0.29) is 17.8 Å². The van der Waals surface area contributed by atoms with Gasteiger partial charge in [-0.2, -0.15) is 0 Å². The lowest BCUT2D eigenvalue weighted by Gasteiger charge is -2.36. The first-order chi connectivity index (χ1) is 10.1. The molecule has 1 saturated heterocycles. The average molecular weight is 291 g/mol. The van der Waals surface area contributed by atoms with Crippen LogP contribution < -0.4 is 5.32 Å². The molecular weight excluding hydrogens is 269 g/mol. The predicted octanol–water partition coefficient (Wildman–Crippen LogP) is 1.39. The summed E-state index contributed by atoms with van der Waals surface area (Å²) in [5.74, 6) is -0.0553. The van der Waals surface area contributed by atoms with Crippen molar-refractivity contribution in [1.29, 1.82) is 0 Å². The minimum Gasteiger partial charge on any atom is -0.342 e. The number of nitrogens with zero attached hydrogens (tertiary/aromatic N) is 2. The molecule has 1 aromatic carbocycles. The summed E-state index contributed by atoms with van der Waals surface area (Å²) in [5, 5.41) is 3.33. The Hall–Kier alpha value is -1.46. The first-order valence-corrected chi connectivity index (χ1v) is 7.61. The van der Waals surface area contributed by atoms with Crippen molar-refractivity contribution in [1.82, 2.24) is 15.1 Å². The fraction of sp³-hybridized carbons (Fsp3) is 0.562. The van der Waals surface area contributed by atoms with E-state index in [4.69, 9.17) is 0 Å². The molecule has 1 atom stereocenters. The highest BCUT2D eigenvalue weighted by atomic mass is 19.1. The second-order valence-electron chi connectivity index (χ2n) is 5.98. The third kappa shape index (κ3) is 3.41. The Bertz CT molecular complexity index is 518. The van der Waals surface area contributed by atoms with Gasteiger partial charge in [-0.3, -0.25) is 9.69 Å². The summed E-state index contributed by atoms with van der Waals surface area (Å²) in [5.41, 5.74) is 0.934. The first kappa shape index (κ1) is 14.5. The van der Waals surface area contributed by atoms with Gasteiger partial charge >= 0.3 is 0 Å². The molecule has 1 aromatic rings. The molecule has 0 bridgehead atoms. The number of halogens is 1. The summed E-state index contributed by atoms with van der Waals surface area (Å²) in [7, 11) is 1.89. The Kier molecular flexibility index (Phi) is 4.22. The maximum atomic E-state index is 13.4. The van der Waals surface area contributed by atoms with Gasteiger partial charge in [0.15, 0.2) is 0 Å². The van der Waals surface area contributed by atoms with Crippen LogP contribution in [-0.4, -0.2) is 55.0 Å². The number of nitrogens with one attached hydrogen (secondary N) is 1. The molecule has 0 aromatic heterocycles. The molecule has 1 saturated carbocycles. The van der Waals surface area contributed by atoms with Crippen molar-refractivity contribution < 1.29 is 9.18 Å². The number of benzene rings is 1. The molecule has 1 unspecified atom stereocenters. The van der Waals surface area contributed by atoms with Crippen LogP contribution in [0.2, 0.25) is 0 Å². The summed E-state index contributed by atoms with van der Waals surface area (Å²) in [6.45, 7) is 2.84. The van der Waals surface area contributed by atoms with E-state index in [9.17, 15) is 9.18 Å². The zero-order valence-corrected chi connectivity index (χ0v) is 12.4. The summed E-state index contributed by atoms with van der Waals surface area (Å²) in [4.78, 5) is 16.4. The van der Waals surface area contributed by atoms with Crippen LogP contribution in [0.25, 0.3) is 0 Å². The number of rotatable bonds is 4. The summed E-state index contributed by atoms with van der Waals surface area (Å²) >= 11 is 0. The van der Waals surface area contributed by atoms with Crippen molar-refractivity contribution in [3.05, 3.63) is 35.6 Å². The molecule has 5 heteroatoms. The van der Waals surface area contributed by atoms with E-state index in [1.54, 1.807) is 12.1 Å². The van der Waals surface area contributed by atoms with Gasteiger partial charge in [0.1, 0.15) is 5.82 Å². The highest BCUT2D eigenvalue weighted by molar-refractivity contribution is 5.78. The fourth-order valence-corrected chi connectivity index (χ4v) is 2.93. The van der Waals surface area contributed by atoms with E-state index >= 15 is 0 Å². The molecule has 1 aliphatic carbocycles. The van der Waals surface area contributed by atoms with Crippen LogP contribution in [-0.2, 0) is 4.79 Å². The van der Waals surface area contributed by atoms with Gasteiger partial charge in [0.2, 0.25) is 5.91 Å². The maximum Gasteiger partial charge on any atom is 0.236 e. The van der Waals surface area contributed by atoms with Gasteiger partial charge in [0, 0.05) is 38.8 Å². The quantitative estimate of drug-likeness (QED) is 0.910. The van der Waals surface area contributed by atoms with Crippen molar-refractivity contribution in [2.45, 2.75) is 24.9 Å². The number of hydrogen-bond acceptors (Lipinski definition) is 3. The van der Waals surface area contributed by atoms with Gasteiger partial charge in [-0.25, -0.2) is 4.39 Å². The normalized spacial score (nSPS) is 23.0. The molecule has 0 radical (unpaired) electrons. The lowest BCUT2D eigenvalue weighted by molar-refractivity contribution is -0.132. The Morgan fingerprint density at radius 2 is 2.29 bits per heavy atom. The van der Waals surface area contributed by atoms with E-state index in [0.717, 1.165) is 38.0 Å². The van der Waals surface area contributed by atoms with Gasteiger partial charge < -0.3 is 10.2 Å². The first-order valence-electron chi connectivity index (χ1n) is 7.61. The van der Waals surface area contributed by atoms with Crippen molar-refractivity contribution in [2.75, 3.05) is 33.2 Å². The van der Waals surface area contributed by atoms with Gasteiger partial charge in [0.05, 0.1) is 6.54 Å². The number of amides is 1. The van der Waals surface area contributed by atoms with Crippen LogP contribution >= 0.6 is 0 Å². The number of piperazine rings is 1.